The zero-order chi connectivity index (χ0) is 13.9. The van der Waals surface area contributed by atoms with Gasteiger partial charge in [0.15, 0.2) is 0 Å². The molecule has 0 bridgehead atoms. The summed E-state index contributed by atoms with van der Waals surface area (Å²) in [7, 11) is 0. The molecule has 1 unspecified atom stereocenters. The Morgan fingerprint density at radius 3 is 3.10 bits per heavy atom. The minimum absolute atomic E-state index is 0.161. The third-order valence-electron chi connectivity index (χ3n) is 3.11. The fourth-order valence-electron chi connectivity index (χ4n) is 2.17. The molecule has 6 nitrogen and oxygen atoms in total. The first-order chi connectivity index (χ1) is 9.75. The SMILES string of the molecule is O=C(Nc1cccc(Cl)c1-n1cncn1)C1CCCO1. The van der Waals surface area contributed by atoms with Crippen molar-refractivity contribution in [3.05, 3.63) is 35.9 Å². The zero-order valence-corrected chi connectivity index (χ0v) is 11.4. The predicted octanol–water partition coefficient (Wildman–Crippen LogP) is 2.04. The summed E-state index contributed by atoms with van der Waals surface area (Å²) < 4.78 is 6.89. The lowest BCUT2D eigenvalue weighted by Crippen LogP contribution is -2.27. The first-order valence-corrected chi connectivity index (χ1v) is 6.69. The molecule has 2 heterocycles. The molecule has 1 saturated heterocycles. The highest BCUT2D eigenvalue weighted by atomic mass is 35.5. The van der Waals surface area contributed by atoms with Gasteiger partial charge in [-0.1, -0.05) is 17.7 Å². The number of nitrogens with one attached hydrogen (secondary N) is 1. The smallest absolute Gasteiger partial charge is 0.253 e. The van der Waals surface area contributed by atoms with Gasteiger partial charge >= 0.3 is 0 Å². The molecule has 0 saturated carbocycles. The number of carbonyl (C=O) groups is 1. The quantitative estimate of drug-likeness (QED) is 0.940. The standard InChI is InChI=1S/C13H13ClN4O2/c14-9-3-1-4-10(12(9)18-8-15-7-16-18)17-13(19)11-5-2-6-20-11/h1,3-4,7-8,11H,2,5-6H2,(H,17,19). The predicted molar refractivity (Wildman–Crippen MR) is 74.0 cm³/mol. The molecule has 0 spiro atoms. The topological polar surface area (TPSA) is 69.0 Å². The van der Waals surface area contributed by atoms with E-state index in [1.807, 2.05) is 0 Å². The second kappa shape index (κ2) is 5.60. The fourth-order valence-corrected chi connectivity index (χ4v) is 2.43. The van der Waals surface area contributed by atoms with Crippen molar-refractivity contribution in [1.29, 1.82) is 0 Å². The lowest BCUT2D eigenvalue weighted by molar-refractivity contribution is -0.124. The van der Waals surface area contributed by atoms with E-state index in [2.05, 4.69) is 15.4 Å². The highest BCUT2D eigenvalue weighted by molar-refractivity contribution is 6.33. The number of nitrogens with zero attached hydrogens (tertiary/aromatic N) is 3. The van der Waals surface area contributed by atoms with Gasteiger partial charge in [-0.3, -0.25) is 4.79 Å². The van der Waals surface area contributed by atoms with Crippen molar-refractivity contribution in [2.24, 2.45) is 0 Å². The van der Waals surface area contributed by atoms with Gasteiger partial charge in [-0.25, -0.2) is 9.67 Å². The van der Waals surface area contributed by atoms with Crippen LogP contribution >= 0.6 is 11.6 Å². The van der Waals surface area contributed by atoms with Crippen LogP contribution in [0.3, 0.4) is 0 Å². The van der Waals surface area contributed by atoms with Gasteiger partial charge in [0, 0.05) is 6.61 Å². The summed E-state index contributed by atoms with van der Waals surface area (Å²) in [5.41, 5.74) is 1.18. The Kier molecular flexibility index (Phi) is 3.66. The number of anilines is 1. The van der Waals surface area contributed by atoms with Crippen LogP contribution in [0.5, 0.6) is 0 Å². The molecule has 2 aromatic rings. The van der Waals surface area contributed by atoms with Crippen LogP contribution in [-0.4, -0.2) is 33.4 Å². The molecule has 1 aliphatic heterocycles. The summed E-state index contributed by atoms with van der Waals surface area (Å²) in [4.78, 5) is 16.0. The number of amides is 1. The van der Waals surface area contributed by atoms with E-state index in [0.29, 0.717) is 23.0 Å². The van der Waals surface area contributed by atoms with E-state index in [9.17, 15) is 4.79 Å². The Morgan fingerprint density at radius 2 is 2.40 bits per heavy atom. The van der Waals surface area contributed by atoms with Crippen LogP contribution in [0.25, 0.3) is 5.69 Å². The number of hydrogen-bond donors (Lipinski definition) is 1. The van der Waals surface area contributed by atoms with Crippen molar-refractivity contribution in [2.75, 3.05) is 11.9 Å². The van der Waals surface area contributed by atoms with Crippen LogP contribution in [0.2, 0.25) is 5.02 Å². The van der Waals surface area contributed by atoms with Gasteiger partial charge in [0.1, 0.15) is 24.4 Å². The summed E-state index contributed by atoms with van der Waals surface area (Å²) >= 11 is 6.19. The summed E-state index contributed by atoms with van der Waals surface area (Å²) in [5.74, 6) is -0.161. The number of benzene rings is 1. The van der Waals surface area contributed by atoms with Gasteiger partial charge < -0.3 is 10.1 Å². The molecule has 1 N–H and O–H groups in total. The zero-order valence-electron chi connectivity index (χ0n) is 10.6. The number of hydrogen-bond acceptors (Lipinski definition) is 4. The molecule has 1 amide bonds. The maximum absolute atomic E-state index is 12.1. The van der Waals surface area contributed by atoms with E-state index >= 15 is 0 Å². The lowest BCUT2D eigenvalue weighted by Gasteiger charge is -2.14. The third-order valence-corrected chi connectivity index (χ3v) is 3.42. The third kappa shape index (κ3) is 2.52. The van der Waals surface area contributed by atoms with Crippen molar-refractivity contribution in [3.8, 4) is 5.69 Å². The number of ether oxygens (including phenoxy) is 1. The van der Waals surface area contributed by atoms with Gasteiger partial charge in [0.25, 0.3) is 5.91 Å². The Balaban J connectivity index is 1.89. The first-order valence-electron chi connectivity index (χ1n) is 6.31. The minimum Gasteiger partial charge on any atom is -0.368 e. The van der Waals surface area contributed by atoms with Crippen LogP contribution in [0.1, 0.15) is 12.8 Å². The molecule has 0 radical (unpaired) electrons. The Labute approximate surface area is 120 Å². The molecular formula is C13H13ClN4O2. The maximum atomic E-state index is 12.1. The van der Waals surface area contributed by atoms with Gasteiger partial charge in [0.05, 0.1) is 10.7 Å². The Hall–Kier alpha value is -1.92. The van der Waals surface area contributed by atoms with Crippen molar-refractivity contribution < 1.29 is 9.53 Å². The van der Waals surface area contributed by atoms with Crippen molar-refractivity contribution in [2.45, 2.75) is 18.9 Å². The molecule has 1 aromatic carbocycles. The van der Waals surface area contributed by atoms with Crippen LogP contribution in [0.4, 0.5) is 5.69 Å². The highest BCUT2D eigenvalue weighted by Gasteiger charge is 2.24. The molecule has 104 valence electrons. The molecule has 20 heavy (non-hydrogen) atoms. The average Bonchev–Trinajstić information content (AvgIpc) is 3.12. The lowest BCUT2D eigenvalue weighted by atomic mass is 10.2. The molecule has 1 atom stereocenters. The monoisotopic (exact) mass is 292 g/mol. The van der Waals surface area contributed by atoms with E-state index in [0.717, 1.165) is 12.8 Å². The van der Waals surface area contributed by atoms with E-state index in [4.69, 9.17) is 16.3 Å². The van der Waals surface area contributed by atoms with E-state index in [1.165, 1.54) is 17.3 Å². The van der Waals surface area contributed by atoms with Gasteiger partial charge in [0.2, 0.25) is 0 Å². The van der Waals surface area contributed by atoms with Crippen molar-refractivity contribution in [1.82, 2.24) is 14.8 Å². The maximum Gasteiger partial charge on any atom is 0.253 e. The minimum atomic E-state index is -0.391. The largest absolute Gasteiger partial charge is 0.368 e. The fraction of sp³-hybridized carbons (Fsp3) is 0.308. The number of carbonyl (C=O) groups excluding carboxylic acids is 1. The van der Waals surface area contributed by atoms with E-state index < -0.39 is 6.10 Å². The molecular weight excluding hydrogens is 280 g/mol. The summed E-state index contributed by atoms with van der Waals surface area (Å²) in [6.45, 7) is 0.629. The van der Waals surface area contributed by atoms with E-state index in [1.54, 1.807) is 18.2 Å². The van der Waals surface area contributed by atoms with Crippen LogP contribution in [0.15, 0.2) is 30.9 Å². The first kappa shape index (κ1) is 13.1. The van der Waals surface area contributed by atoms with Crippen LogP contribution in [0, 0.1) is 0 Å². The number of para-hydroxylation sites is 1. The molecule has 1 aliphatic rings. The molecule has 1 aromatic heterocycles. The Bertz CT molecular complexity index is 609. The molecule has 0 aliphatic carbocycles. The van der Waals surface area contributed by atoms with E-state index in [-0.39, 0.29) is 5.91 Å². The molecule has 1 fully saturated rings. The highest BCUT2D eigenvalue weighted by Crippen LogP contribution is 2.28. The van der Waals surface area contributed by atoms with Crippen molar-refractivity contribution in [3.63, 3.8) is 0 Å². The summed E-state index contributed by atoms with van der Waals surface area (Å²) in [5, 5.41) is 7.38. The van der Waals surface area contributed by atoms with Crippen molar-refractivity contribution >= 4 is 23.2 Å². The number of rotatable bonds is 3. The van der Waals surface area contributed by atoms with Crippen LogP contribution in [-0.2, 0) is 9.53 Å². The molecule has 3 rings (SSSR count). The Morgan fingerprint density at radius 1 is 1.50 bits per heavy atom. The summed E-state index contributed by atoms with van der Waals surface area (Å²) in [6.07, 6.45) is 4.20. The summed E-state index contributed by atoms with van der Waals surface area (Å²) in [6, 6.07) is 5.28. The second-order valence-electron chi connectivity index (χ2n) is 4.47. The average molecular weight is 293 g/mol. The normalized spacial score (nSPS) is 18.1. The van der Waals surface area contributed by atoms with Gasteiger partial charge in [-0.15, -0.1) is 0 Å². The number of halogens is 1. The van der Waals surface area contributed by atoms with Gasteiger partial charge in [-0.05, 0) is 25.0 Å². The second-order valence-corrected chi connectivity index (χ2v) is 4.87. The van der Waals surface area contributed by atoms with Crippen LogP contribution < -0.4 is 5.32 Å². The number of aromatic nitrogens is 3. The van der Waals surface area contributed by atoms with Gasteiger partial charge in [-0.2, -0.15) is 5.10 Å². The molecule has 7 heteroatoms.